The van der Waals surface area contributed by atoms with Crippen molar-refractivity contribution in [2.45, 2.75) is 6.61 Å². The van der Waals surface area contributed by atoms with E-state index in [0.717, 1.165) is 18.2 Å². The summed E-state index contributed by atoms with van der Waals surface area (Å²) >= 11 is 0. The molecule has 2 rings (SSSR count). The van der Waals surface area contributed by atoms with E-state index in [2.05, 4.69) is 10.1 Å². The molecule has 10 heteroatoms. The number of nitro benzene ring substituents is 1. The van der Waals surface area contributed by atoms with Crippen molar-refractivity contribution >= 4 is 17.3 Å². The number of hydrogen-bond donors (Lipinski definition) is 1. The fraction of sp³-hybridized carbons (Fsp3) is 0.133. The fourth-order valence-corrected chi connectivity index (χ4v) is 1.81. The van der Waals surface area contributed by atoms with E-state index in [0.29, 0.717) is 0 Å². The van der Waals surface area contributed by atoms with Crippen LogP contribution in [-0.2, 0) is 4.79 Å². The molecule has 0 atom stereocenters. The van der Waals surface area contributed by atoms with E-state index < -0.39 is 35.6 Å². The highest BCUT2D eigenvalue weighted by molar-refractivity contribution is 5.91. The van der Waals surface area contributed by atoms with E-state index in [1.165, 1.54) is 24.3 Å². The Labute approximate surface area is 139 Å². The van der Waals surface area contributed by atoms with Crippen LogP contribution in [0.2, 0.25) is 0 Å². The summed E-state index contributed by atoms with van der Waals surface area (Å²) in [5, 5.41) is 13.2. The Morgan fingerprint density at radius 3 is 2.48 bits per heavy atom. The molecule has 0 radical (unpaired) electrons. The number of carbonyl (C=O) groups excluding carboxylic acids is 1. The Morgan fingerprint density at radius 2 is 1.88 bits per heavy atom. The second-order valence-corrected chi connectivity index (χ2v) is 4.61. The van der Waals surface area contributed by atoms with Crippen LogP contribution in [0.3, 0.4) is 0 Å². The minimum absolute atomic E-state index is 0.0837. The van der Waals surface area contributed by atoms with Gasteiger partial charge in [-0.3, -0.25) is 14.9 Å². The lowest BCUT2D eigenvalue weighted by atomic mass is 10.3. The number of nitrogens with one attached hydrogen (secondary N) is 1. The number of rotatable bonds is 7. The van der Waals surface area contributed by atoms with Crippen LogP contribution in [0.5, 0.6) is 11.5 Å². The molecule has 0 saturated carbocycles. The molecule has 1 N–H and O–H groups in total. The van der Waals surface area contributed by atoms with Gasteiger partial charge in [0.2, 0.25) is 5.75 Å². The molecule has 0 saturated heterocycles. The third-order valence-corrected chi connectivity index (χ3v) is 2.84. The predicted molar refractivity (Wildman–Crippen MR) is 80.3 cm³/mol. The van der Waals surface area contributed by atoms with E-state index >= 15 is 0 Å². The first kappa shape index (κ1) is 18.0. The molecule has 7 nitrogen and oxygen atoms in total. The van der Waals surface area contributed by atoms with Crippen molar-refractivity contribution in [1.82, 2.24) is 0 Å². The first-order chi connectivity index (χ1) is 11.8. The molecule has 0 aromatic heterocycles. The Kier molecular flexibility index (Phi) is 5.77. The second-order valence-electron chi connectivity index (χ2n) is 4.61. The molecule has 0 aliphatic rings. The number of benzene rings is 2. The topological polar surface area (TPSA) is 90.7 Å². The molecule has 0 aliphatic heterocycles. The second kappa shape index (κ2) is 7.99. The van der Waals surface area contributed by atoms with Gasteiger partial charge >= 0.3 is 12.3 Å². The van der Waals surface area contributed by atoms with Crippen molar-refractivity contribution in [2.24, 2.45) is 0 Å². The van der Waals surface area contributed by atoms with Crippen molar-refractivity contribution < 1.29 is 32.4 Å². The van der Waals surface area contributed by atoms with Gasteiger partial charge in [0.25, 0.3) is 5.91 Å². The lowest BCUT2D eigenvalue weighted by Crippen LogP contribution is -2.20. The molecule has 25 heavy (non-hydrogen) atoms. The molecule has 2 aromatic rings. The standard InChI is InChI=1S/C15H11F3N2O5/c16-9-1-6-12(20(22)23)13(7-9)24-8-14(21)19-10-2-4-11(5-3-10)25-15(17)18/h1-7,15H,8H2,(H,19,21). The van der Waals surface area contributed by atoms with E-state index in [9.17, 15) is 28.1 Å². The van der Waals surface area contributed by atoms with Crippen molar-refractivity contribution in [2.75, 3.05) is 11.9 Å². The molecule has 0 unspecified atom stereocenters. The minimum Gasteiger partial charge on any atom is -0.477 e. The van der Waals surface area contributed by atoms with E-state index in [4.69, 9.17) is 4.74 Å². The number of alkyl halides is 2. The number of nitro groups is 1. The third-order valence-electron chi connectivity index (χ3n) is 2.84. The number of halogens is 3. The molecule has 0 aliphatic carbocycles. The first-order valence-electron chi connectivity index (χ1n) is 6.76. The van der Waals surface area contributed by atoms with Gasteiger partial charge in [-0.25, -0.2) is 4.39 Å². The third kappa shape index (κ3) is 5.37. The van der Waals surface area contributed by atoms with Gasteiger partial charge in [-0.05, 0) is 30.3 Å². The summed E-state index contributed by atoms with van der Waals surface area (Å²) in [6, 6.07) is 7.70. The first-order valence-corrected chi connectivity index (χ1v) is 6.76. The van der Waals surface area contributed by atoms with Crippen LogP contribution < -0.4 is 14.8 Å². The van der Waals surface area contributed by atoms with Gasteiger partial charge in [0.05, 0.1) is 4.92 Å². The highest BCUT2D eigenvalue weighted by atomic mass is 19.3. The summed E-state index contributed by atoms with van der Waals surface area (Å²) in [5.74, 6) is -1.91. The van der Waals surface area contributed by atoms with Gasteiger partial charge in [0.1, 0.15) is 11.6 Å². The van der Waals surface area contributed by atoms with Crippen LogP contribution in [0.25, 0.3) is 0 Å². The van der Waals surface area contributed by atoms with Crippen LogP contribution in [0, 0.1) is 15.9 Å². The van der Waals surface area contributed by atoms with Gasteiger partial charge in [0.15, 0.2) is 6.61 Å². The molecule has 0 heterocycles. The van der Waals surface area contributed by atoms with Crippen molar-refractivity contribution in [3.05, 3.63) is 58.4 Å². The highest BCUT2D eigenvalue weighted by Crippen LogP contribution is 2.27. The van der Waals surface area contributed by atoms with Gasteiger partial charge in [-0.2, -0.15) is 8.78 Å². The van der Waals surface area contributed by atoms with Gasteiger partial charge < -0.3 is 14.8 Å². The summed E-state index contributed by atoms with van der Waals surface area (Å²) in [7, 11) is 0. The molecular weight excluding hydrogens is 345 g/mol. The molecule has 132 valence electrons. The van der Waals surface area contributed by atoms with E-state index in [-0.39, 0.29) is 17.2 Å². The highest BCUT2D eigenvalue weighted by Gasteiger charge is 2.17. The maximum Gasteiger partial charge on any atom is 0.387 e. The zero-order valence-electron chi connectivity index (χ0n) is 12.4. The van der Waals surface area contributed by atoms with Crippen LogP contribution in [-0.4, -0.2) is 24.0 Å². The number of amides is 1. The van der Waals surface area contributed by atoms with Crippen LogP contribution in [0.4, 0.5) is 24.5 Å². The number of hydrogen-bond acceptors (Lipinski definition) is 5. The normalized spacial score (nSPS) is 10.4. The Morgan fingerprint density at radius 1 is 1.20 bits per heavy atom. The molecule has 1 amide bonds. The predicted octanol–water partition coefficient (Wildman–Crippen LogP) is 3.35. The average Bonchev–Trinajstić information content (AvgIpc) is 2.54. The number of ether oxygens (including phenoxy) is 2. The van der Waals surface area contributed by atoms with Crippen molar-refractivity contribution in [3.63, 3.8) is 0 Å². The van der Waals surface area contributed by atoms with Crippen molar-refractivity contribution in [3.8, 4) is 11.5 Å². The maximum atomic E-state index is 13.1. The molecule has 0 bridgehead atoms. The summed E-state index contributed by atoms with van der Waals surface area (Å²) in [5.41, 5.74) is -0.216. The van der Waals surface area contributed by atoms with Crippen LogP contribution >= 0.6 is 0 Å². The SMILES string of the molecule is O=C(COc1cc(F)ccc1[N+](=O)[O-])Nc1ccc(OC(F)F)cc1. The van der Waals surface area contributed by atoms with Gasteiger partial charge in [0, 0.05) is 17.8 Å². The maximum absolute atomic E-state index is 13.1. The van der Waals surface area contributed by atoms with Crippen LogP contribution in [0.15, 0.2) is 42.5 Å². The number of carbonyl (C=O) groups is 1. The summed E-state index contributed by atoms with van der Waals surface area (Å²) < 4.78 is 46.3. The number of nitrogens with zero attached hydrogens (tertiary/aromatic N) is 1. The molecule has 0 spiro atoms. The molecular formula is C15H11F3N2O5. The largest absolute Gasteiger partial charge is 0.477 e. The van der Waals surface area contributed by atoms with Gasteiger partial charge in [-0.1, -0.05) is 0 Å². The Hall–Kier alpha value is -3.30. The van der Waals surface area contributed by atoms with Crippen LogP contribution in [0.1, 0.15) is 0 Å². The molecule has 2 aromatic carbocycles. The Balaban J connectivity index is 1.95. The smallest absolute Gasteiger partial charge is 0.387 e. The Bertz CT molecular complexity index is 768. The zero-order valence-corrected chi connectivity index (χ0v) is 12.4. The summed E-state index contributed by atoms with van der Waals surface area (Å²) in [4.78, 5) is 21.8. The zero-order chi connectivity index (χ0) is 18.4. The van der Waals surface area contributed by atoms with E-state index in [1.54, 1.807) is 0 Å². The average molecular weight is 356 g/mol. The molecule has 0 fully saturated rings. The van der Waals surface area contributed by atoms with E-state index in [1.807, 2.05) is 0 Å². The number of anilines is 1. The minimum atomic E-state index is -2.96. The monoisotopic (exact) mass is 356 g/mol. The lowest BCUT2D eigenvalue weighted by Gasteiger charge is -2.09. The fourth-order valence-electron chi connectivity index (χ4n) is 1.81. The summed E-state index contributed by atoms with van der Waals surface area (Å²) in [6.45, 7) is -3.57. The lowest BCUT2D eigenvalue weighted by molar-refractivity contribution is -0.385. The summed E-state index contributed by atoms with van der Waals surface area (Å²) in [6.07, 6.45) is 0. The van der Waals surface area contributed by atoms with Crippen molar-refractivity contribution in [1.29, 1.82) is 0 Å². The quantitative estimate of drug-likeness (QED) is 0.607. The van der Waals surface area contributed by atoms with Gasteiger partial charge in [-0.15, -0.1) is 0 Å².